The summed E-state index contributed by atoms with van der Waals surface area (Å²) >= 11 is 0. The largest absolute Gasteiger partial charge is 0.465 e. The molecule has 0 bridgehead atoms. The number of halogens is 1. The molecule has 0 aliphatic rings. The van der Waals surface area contributed by atoms with Crippen LogP contribution in [-0.4, -0.2) is 39.3 Å². The molecule has 0 saturated carbocycles. The van der Waals surface area contributed by atoms with E-state index in [1.807, 2.05) is 0 Å². The fourth-order valence-electron chi connectivity index (χ4n) is 1.64. The number of aliphatic hydroxyl groups is 1. The summed E-state index contributed by atoms with van der Waals surface area (Å²) in [6.45, 7) is 3.02. The van der Waals surface area contributed by atoms with Crippen LogP contribution in [-0.2, 0) is 14.8 Å². The molecule has 1 aromatic rings. The van der Waals surface area contributed by atoms with E-state index in [4.69, 9.17) is 0 Å². The standard InChI is InChI=1S/C13H18FNO5S/c1-8(2)11(7-16)15-21(18,19)12-6-9(14)4-5-10(12)13(17)20-3/h4-6,8,11,15-16H,7H2,1-3H3. The molecule has 1 atom stereocenters. The second-order valence-corrected chi connectivity index (χ2v) is 6.47. The first-order chi connectivity index (χ1) is 9.72. The molecule has 0 fully saturated rings. The van der Waals surface area contributed by atoms with Crippen molar-refractivity contribution >= 4 is 16.0 Å². The number of nitrogens with one attached hydrogen (secondary N) is 1. The topological polar surface area (TPSA) is 92.7 Å². The normalized spacial score (nSPS) is 13.2. The number of methoxy groups -OCH3 is 1. The zero-order valence-electron chi connectivity index (χ0n) is 12.0. The molecule has 6 nitrogen and oxygen atoms in total. The van der Waals surface area contributed by atoms with Gasteiger partial charge in [0.05, 0.1) is 24.2 Å². The maximum Gasteiger partial charge on any atom is 0.339 e. The third kappa shape index (κ3) is 4.23. The Morgan fingerprint density at radius 3 is 2.52 bits per heavy atom. The van der Waals surface area contributed by atoms with Gasteiger partial charge in [-0.3, -0.25) is 0 Å². The average molecular weight is 319 g/mol. The Bertz CT molecular complexity index is 615. The van der Waals surface area contributed by atoms with E-state index >= 15 is 0 Å². The van der Waals surface area contributed by atoms with Gasteiger partial charge < -0.3 is 9.84 Å². The number of carbonyl (C=O) groups is 1. The van der Waals surface area contributed by atoms with Crippen molar-refractivity contribution in [2.75, 3.05) is 13.7 Å². The SMILES string of the molecule is COC(=O)c1ccc(F)cc1S(=O)(=O)NC(CO)C(C)C. The Balaban J connectivity index is 3.30. The summed E-state index contributed by atoms with van der Waals surface area (Å²) in [6.07, 6.45) is 0. The van der Waals surface area contributed by atoms with Crippen molar-refractivity contribution < 1.29 is 27.4 Å². The number of hydrogen-bond acceptors (Lipinski definition) is 5. The van der Waals surface area contributed by atoms with Crippen LogP contribution in [0.15, 0.2) is 23.1 Å². The number of esters is 1. The molecule has 118 valence electrons. The Labute approximate surface area is 123 Å². The summed E-state index contributed by atoms with van der Waals surface area (Å²) < 4.78 is 44.7. The molecule has 0 amide bonds. The van der Waals surface area contributed by atoms with E-state index in [1.165, 1.54) is 0 Å². The average Bonchev–Trinajstić information content (AvgIpc) is 2.43. The monoisotopic (exact) mass is 319 g/mol. The highest BCUT2D eigenvalue weighted by Gasteiger charge is 2.27. The first-order valence-electron chi connectivity index (χ1n) is 6.24. The summed E-state index contributed by atoms with van der Waals surface area (Å²) in [5, 5.41) is 9.19. The fraction of sp³-hybridized carbons (Fsp3) is 0.462. The molecule has 1 rings (SSSR count). The predicted molar refractivity (Wildman–Crippen MR) is 73.8 cm³/mol. The third-order valence-electron chi connectivity index (χ3n) is 2.95. The molecule has 0 saturated heterocycles. The van der Waals surface area contributed by atoms with Gasteiger partial charge in [0, 0.05) is 6.04 Å². The Kier molecular flexibility index (Phi) is 5.82. The molecule has 2 N–H and O–H groups in total. The molecular formula is C13H18FNO5S. The van der Waals surface area contributed by atoms with Gasteiger partial charge in [0.15, 0.2) is 0 Å². The molecule has 21 heavy (non-hydrogen) atoms. The van der Waals surface area contributed by atoms with Crippen LogP contribution >= 0.6 is 0 Å². The molecule has 0 aliphatic carbocycles. The number of rotatable bonds is 6. The van der Waals surface area contributed by atoms with E-state index in [-0.39, 0.29) is 11.5 Å². The van der Waals surface area contributed by atoms with Crippen LogP contribution < -0.4 is 4.72 Å². The van der Waals surface area contributed by atoms with Crippen LogP contribution in [0, 0.1) is 11.7 Å². The lowest BCUT2D eigenvalue weighted by molar-refractivity contribution is 0.0596. The summed E-state index contributed by atoms with van der Waals surface area (Å²) in [4.78, 5) is 11.1. The summed E-state index contributed by atoms with van der Waals surface area (Å²) in [5.41, 5.74) is -0.271. The number of sulfonamides is 1. The van der Waals surface area contributed by atoms with Crippen molar-refractivity contribution in [3.63, 3.8) is 0 Å². The Hall–Kier alpha value is -1.51. The van der Waals surface area contributed by atoms with Crippen molar-refractivity contribution in [2.24, 2.45) is 5.92 Å². The van der Waals surface area contributed by atoms with Crippen molar-refractivity contribution in [1.29, 1.82) is 0 Å². The molecule has 1 aromatic carbocycles. The summed E-state index contributed by atoms with van der Waals surface area (Å²) in [6, 6.07) is 2.00. The highest BCUT2D eigenvalue weighted by Crippen LogP contribution is 2.19. The number of ether oxygens (including phenoxy) is 1. The summed E-state index contributed by atoms with van der Waals surface area (Å²) in [5.74, 6) is -1.87. The van der Waals surface area contributed by atoms with Crippen LogP contribution in [0.2, 0.25) is 0 Å². The minimum absolute atomic E-state index is 0.181. The van der Waals surface area contributed by atoms with E-state index < -0.39 is 39.4 Å². The fourth-order valence-corrected chi connectivity index (χ4v) is 3.22. The zero-order chi connectivity index (χ0) is 16.2. The van der Waals surface area contributed by atoms with Gasteiger partial charge in [0.25, 0.3) is 0 Å². The third-order valence-corrected chi connectivity index (χ3v) is 4.48. The van der Waals surface area contributed by atoms with Gasteiger partial charge in [-0.05, 0) is 24.1 Å². The molecular weight excluding hydrogens is 301 g/mol. The highest BCUT2D eigenvalue weighted by molar-refractivity contribution is 7.89. The lowest BCUT2D eigenvalue weighted by Crippen LogP contribution is -2.41. The van der Waals surface area contributed by atoms with Crippen LogP contribution in [0.25, 0.3) is 0 Å². The van der Waals surface area contributed by atoms with Gasteiger partial charge in [-0.15, -0.1) is 0 Å². The molecule has 8 heteroatoms. The van der Waals surface area contributed by atoms with E-state index in [0.717, 1.165) is 25.3 Å². The highest BCUT2D eigenvalue weighted by atomic mass is 32.2. The number of benzene rings is 1. The minimum atomic E-state index is -4.18. The predicted octanol–water partition coefficient (Wildman–Crippen LogP) is 0.907. The van der Waals surface area contributed by atoms with Crippen molar-refractivity contribution in [3.05, 3.63) is 29.6 Å². The van der Waals surface area contributed by atoms with Gasteiger partial charge in [0.1, 0.15) is 5.82 Å². The first-order valence-corrected chi connectivity index (χ1v) is 7.72. The minimum Gasteiger partial charge on any atom is -0.465 e. The lowest BCUT2D eigenvalue weighted by atomic mass is 10.1. The van der Waals surface area contributed by atoms with Crippen LogP contribution in [0.4, 0.5) is 4.39 Å². The molecule has 0 aromatic heterocycles. The van der Waals surface area contributed by atoms with E-state index in [1.54, 1.807) is 13.8 Å². The molecule has 0 spiro atoms. The maximum atomic E-state index is 13.3. The van der Waals surface area contributed by atoms with E-state index in [9.17, 15) is 22.7 Å². The van der Waals surface area contributed by atoms with Gasteiger partial charge in [-0.1, -0.05) is 13.8 Å². The molecule has 0 aliphatic heterocycles. The van der Waals surface area contributed by atoms with Gasteiger partial charge in [-0.25, -0.2) is 22.3 Å². The molecule has 1 unspecified atom stereocenters. The number of aliphatic hydroxyl groups excluding tert-OH is 1. The number of hydrogen-bond donors (Lipinski definition) is 2. The quantitative estimate of drug-likeness (QED) is 0.760. The van der Waals surface area contributed by atoms with Gasteiger partial charge >= 0.3 is 5.97 Å². The van der Waals surface area contributed by atoms with Crippen LogP contribution in [0.5, 0.6) is 0 Å². The van der Waals surface area contributed by atoms with Crippen molar-refractivity contribution in [3.8, 4) is 0 Å². The van der Waals surface area contributed by atoms with E-state index in [2.05, 4.69) is 9.46 Å². The van der Waals surface area contributed by atoms with Crippen molar-refractivity contribution in [1.82, 2.24) is 4.72 Å². The Morgan fingerprint density at radius 2 is 2.05 bits per heavy atom. The Morgan fingerprint density at radius 1 is 1.43 bits per heavy atom. The second kappa shape index (κ2) is 6.97. The lowest BCUT2D eigenvalue weighted by Gasteiger charge is -2.20. The molecule has 0 radical (unpaired) electrons. The maximum absolute atomic E-state index is 13.3. The van der Waals surface area contributed by atoms with Crippen LogP contribution in [0.1, 0.15) is 24.2 Å². The van der Waals surface area contributed by atoms with Crippen LogP contribution in [0.3, 0.4) is 0 Å². The van der Waals surface area contributed by atoms with E-state index in [0.29, 0.717) is 0 Å². The second-order valence-electron chi connectivity index (χ2n) is 4.79. The van der Waals surface area contributed by atoms with Gasteiger partial charge in [-0.2, -0.15) is 0 Å². The zero-order valence-corrected chi connectivity index (χ0v) is 12.8. The van der Waals surface area contributed by atoms with Crippen molar-refractivity contribution in [2.45, 2.75) is 24.8 Å². The summed E-state index contributed by atoms with van der Waals surface area (Å²) in [7, 11) is -3.08. The smallest absolute Gasteiger partial charge is 0.339 e. The van der Waals surface area contributed by atoms with Gasteiger partial charge in [0.2, 0.25) is 10.0 Å². The first kappa shape index (κ1) is 17.5. The number of carbonyl (C=O) groups excluding carboxylic acids is 1. The molecule has 0 heterocycles.